The molecular weight excluding hydrogens is 224 g/mol. The number of hydrogen-bond acceptors (Lipinski definition) is 3. The molecule has 0 aromatic rings. The standard InChI is InChI=1S/C12H17ClN2O/c1-7-6-14-9-4-5-10(13)15-12(9)11(7)8(2)16-3/h4,7-8,11,14-15H,6H2,1-3H3. The van der Waals surface area contributed by atoms with Crippen molar-refractivity contribution in [1.82, 2.24) is 10.6 Å². The molecule has 0 aromatic carbocycles. The Balaban J connectivity index is 2.33. The van der Waals surface area contributed by atoms with E-state index < -0.39 is 0 Å². The fourth-order valence-corrected chi connectivity index (χ4v) is 2.53. The van der Waals surface area contributed by atoms with Crippen LogP contribution in [-0.4, -0.2) is 19.8 Å². The van der Waals surface area contributed by atoms with Gasteiger partial charge in [-0.2, -0.15) is 0 Å². The van der Waals surface area contributed by atoms with Crippen molar-refractivity contribution < 1.29 is 4.74 Å². The van der Waals surface area contributed by atoms with Crippen molar-refractivity contribution in [2.75, 3.05) is 13.7 Å². The number of rotatable bonds is 2. The Hall–Kier alpha value is -0.890. The van der Waals surface area contributed by atoms with Crippen LogP contribution < -0.4 is 10.6 Å². The van der Waals surface area contributed by atoms with Gasteiger partial charge in [-0.25, -0.2) is 0 Å². The van der Waals surface area contributed by atoms with Crippen LogP contribution in [0.25, 0.3) is 0 Å². The number of ether oxygens (including phenoxy) is 1. The lowest BCUT2D eigenvalue weighted by molar-refractivity contribution is 0.0538. The molecule has 0 fully saturated rings. The van der Waals surface area contributed by atoms with Gasteiger partial charge < -0.3 is 15.4 Å². The molecule has 0 saturated heterocycles. The van der Waals surface area contributed by atoms with Crippen LogP contribution in [0.15, 0.2) is 28.4 Å². The van der Waals surface area contributed by atoms with Gasteiger partial charge in [0.25, 0.3) is 0 Å². The summed E-state index contributed by atoms with van der Waals surface area (Å²) < 4.78 is 5.46. The Morgan fingerprint density at radius 3 is 3.06 bits per heavy atom. The van der Waals surface area contributed by atoms with Crippen molar-refractivity contribution in [1.29, 1.82) is 0 Å². The first-order valence-electron chi connectivity index (χ1n) is 5.53. The molecule has 88 valence electrons. The largest absolute Gasteiger partial charge is 0.383 e. The monoisotopic (exact) mass is 240 g/mol. The first kappa shape index (κ1) is 11.6. The molecule has 2 aliphatic heterocycles. The van der Waals surface area contributed by atoms with Crippen molar-refractivity contribution in [3.63, 3.8) is 0 Å². The Kier molecular flexibility index (Phi) is 3.29. The predicted molar refractivity (Wildman–Crippen MR) is 64.7 cm³/mol. The molecule has 2 heterocycles. The number of hydrogen-bond donors (Lipinski definition) is 2. The van der Waals surface area contributed by atoms with Crippen molar-refractivity contribution in [2.24, 2.45) is 11.8 Å². The second kappa shape index (κ2) is 4.54. The van der Waals surface area contributed by atoms with E-state index >= 15 is 0 Å². The third-order valence-electron chi connectivity index (χ3n) is 3.32. The van der Waals surface area contributed by atoms with Gasteiger partial charge in [-0.3, -0.25) is 0 Å². The zero-order chi connectivity index (χ0) is 11.7. The van der Waals surface area contributed by atoms with Crippen molar-refractivity contribution >= 4 is 11.6 Å². The molecule has 3 atom stereocenters. The lowest BCUT2D eigenvalue weighted by Crippen LogP contribution is -2.44. The highest BCUT2D eigenvalue weighted by Gasteiger charge is 2.33. The van der Waals surface area contributed by atoms with Gasteiger partial charge in [-0.05, 0) is 12.8 Å². The van der Waals surface area contributed by atoms with Crippen LogP contribution in [0.3, 0.4) is 0 Å². The van der Waals surface area contributed by atoms with E-state index in [-0.39, 0.29) is 6.10 Å². The van der Waals surface area contributed by atoms with E-state index in [0.717, 1.165) is 17.9 Å². The summed E-state index contributed by atoms with van der Waals surface area (Å²) in [4.78, 5) is 0. The molecule has 0 saturated carbocycles. The van der Waals surface area contributed by atoms with E-state index in [0.29, 0.717) is 17.0 Å². The van der Waals surface area contributed by atoms with Crippen molar-refractivity contribution in [3.05, 3.63) is 28.4 Å². The molecule has 0 radical (unpaired) electrons. The first-order valence-corrected chi connectivity index (χ1v) is 5.91. The van der Waals surface area contributed by atoms with Gasteiger partial charge in [0.1, 0.15) is 5.16 Å². The minimum atomic E-state index is 0.172. The highest BCUT2D eigenvalue weighted by molar-refractivity contribution is 6.29. The Labute approximate surface area is 101 Å². The van der Waals surface area contributed by atoms with Crippen LogP contribution in [0.5, 0.6) is 0 Å². The summed E-state index contributed by atoms with van der Waals surface area (Å²) in [6.45, 7) is 5.26. The Bertz CT molecular complexity index is 382. The summed E-state index contributed by atoms with van der Waals surface area (Å²) in [5.41, 5.74) is 5.16. The van der Waals surface area contributed by atoms with Gasteiger partial charge in [0, 0.05) is 31.3 Å². The molecule has 3 nitrogen and oxygen atoms in total. The smallest absolute Gasteiger partial charge is 0.150 e. The van der Waals surface area contributed by atoms with Gasteiger partial charge in [-0.1, -0.05) is 24.3 Å². The van der Waals surface area contributed by atoms with E-state index in [1.165, 1.54) is 0 Å². The normalized spacial score (nSPS) is 30.1. The number of methoxy groups -OCH3 is 1. The maximum atomic E-state index is 5.96. The van der Waals surface area contributed by atoms with E-state index in [9.17, 15) is 0 Å². The molecule has 16 heavy (non-hydrogen) atoms. The lowest BCUT2D eigenvalue weighted by atomic mass is 9.82. The number of allylic oxidation sites excluding steroid dienone is 1. The van der Waals surface area contributed by atoms with Crippen LogP contribution in [0, 0.1) is 11.8 Å². The third-order valence-corrected chi connectivity index (χ3v) is 3.52. The molecule has 0 spiro atoms. The molecule has 2 rings (SSSR count). The Morgan fingerprint density at radius 2 is 2.38 bits per heavy atom. The first-order chi connectivity index (χ1) is 7.63. The molecule has 0 aliphatic carbocycles. The van der Waals surface area contributed by atoms with Gasteiger partial charge >= 0.3 is 0 Å². The maximum Gasteiger partial charge on any atom is 0.150 e. The second-order valence-corrected chi connectivity index (χ2v) is 4.76. The van der Waals surface area contributed by atoms with Crippen molar-refractivity contribution in [2.45, 2.75) is 20.0 Å². The zero-order valence-electron chi connectivity index (χ0n) is 9.80. The predicted octanol–water partition coefficient (Wildman–Crippen LogP) is 1.93. The quantitative estimate of drug-likeness (QED) is 0.572. The summed E-state index contributed by atoms with van der Waals surface area (Å²) >= 11 is 5.96. The molecule has 2 N–H and O–H groups in total. The van der Waals surface area contributed by atoms with Crippen LogP contribution in [0.1, 0.15) is 13.8 Å². The van der Waals surface area contributed by atoms with Gasteiger partial charge in [0.05, 0.1) is 11.8 Å². The Morgan fingerprint density at radius 1 is 1.62 bits per heavy atom. The summed E-state index contributed by atoms with van der Waals surface area (Å²) in [5, 5.41) is 7.11. The average molecular weight is 241 g/mol. The van der Waals surface area contributed by atoms with Gasteiger partial charge in [0.15, 0.2) is 0 Å². The maximum absolute atomic E-state index is 5.96. The molecular formula is C12H17ClN2O. The highest BCUT2D eigenvalue weighted by Crippen LogP contribution is 2.31. The SMILES string of the molecule is COC(C)C1C2=C(C=C=C(Cl)N2)NCC1C. The van der Waals surface area contributed by atoms with Crippen LogP contribution in [0.2, 0.25) is 0 Å². The average Bonchev–Trinajstić information content (AvgIpc) is 2.28. The van der Waals surface area contributed by atoms with E-state index in [1.54, 1.807) is 7.11 Å². The van der Waals surface area contributed by atoms with Crippen LogP contribution >= 0.6 is 11.6 Å². The fraction of sp³-hybridized carbons (Fsp3) is 0.583. The third kappa shape index (κ3) is 1.99. The number of halogens is 1. The molecule has 0 amide bonds. The molecule has 2 aliphatic rings. The van der Waals surface area contributed by atoms with Crippen LogP contribution in [0.4, 0.5) is 0 Å². The molecule has 0 bridgehead atoms. The van der Waals surface area contributed by atoms with Crippen molar-refractivity contribution in [3.8, 4) is 0 Å². The minimum absolute atomic E-state index is 0.172. The molecule has 3 unspecified atom stereocenters. The van der Waals surface area contributed by atoms with E-state index in [4.69, 9.17) is 16.3 Å². The topological polar surface area (TPSA) is 33.3 Å². The van der Waals surface area contributed by atoms with Gasteiger partial charge in [0.2, 0.25) is 0 Å². The van der Waals surface area contributed by atoms with Gasteiger partial charge in [-0.15, -0.1) is 0 Å². The fourth-order valence-electron chi connectivity index (χ4n) is 2.37. The lowest BCUT2D eigenvalue weighted by Gasteiger charge is -2.37. The summed E-state index contributed by atoms with van der Waals surface area (Å²) in [6, 6.07) is 0. The summed E-state index contributed by atoms with van der Waals surface area (Å²) in [5.74, 6) is 0.852. The zero-order valence-corrected chi connectivity index (χ0v) is 10.6. The number of nitrogens with one attached hydrogen (secondary N) is 2. The minimum Gasteiger partial charge on any atom is -0.383 e. The summed E-state index contributed by atoms with van der Waals surface area (Å²) in [7, 11) is 1.75. The second-order valence-electron chi connectivity index (χ2n) is 4.38. The molecule has 4 heteroatoms. The van der Waals surface area contributed by atoms with Crippen LogP contribution in [-0.2, 0) is 4.74 Å². The molecule has 0 aromatic heterocycles. The highest BCUT2D eigenvalue weighted by atomic mass is 35.5. The van der Waals surface area contributed by atoms with E-state index in [2.05, 4.69) is 30.2 Å². The van der Waals surface area contributed by atoms with E-state index in [1.807, 2.05) is 6.08 Å². The summed E-state index contributed by atoms with van der Waals surface area (Å²) in [6.07, 6.45) is 2.07.